The Labute approximate surface area is 141 Å². The molecule has 0 bridgehead atoms. The zero-order valence-electron chi connectivity index (χ0n) is 13.4. The lowest BCUT2D eigenvalue weighted by Gasteiger charge is -2.09. The van der Waals surface area contributed by atoms with E-state index in [9.17, 15) is 22.8 Å². The molecule has 0 fully saturated rings. The number of nitrogens with one attached hydrogen (secondary N) is 1. The lowest BCUT2D eigenvalue weighted by molar-refractivity contribution is 0.0596. The van der Waals surface area contributed by atoms with E-state index in [4.69, 9.17) is 4.74 Å². The molecule has 0 aliphatic heterocycles. The lowest BCUT2D eigenvalue weighted by Crippen LogP contribution is -2.40. The first-order valence-corrected chi connectivity index (χ1v) is 8.15. The molecule has 0 aliphatic carbocycles. The first-order chi connectivity index (χ1) is 11.7. The zero-order chi connectivity index (χ0) is 18.8. The third kappa shape index (κ3) is 3.38. The van der Waals surface area contributed by atoms with Crippen LogP contribution in [0.2, 0.25) is 0 Å². The number of hydrogen-bond acceptors (Lipinski definition) is 8. The molecule has 134 valence electrons. The van der Waals surface area contributed by atoms with Gasteiger partial charge in [0.2, 0.25) is 0 Å². The molecule has 0 spiro atoms. The van der Waals surface area contributed by atoms with Crippen LogP contribution in [0.5, 0.6) is 6.01 Å². The molecule has 1 aromatic heterocycles. The normalized spacial score (nSPS) is 11.0. The van der Waals surface area contributed by atoms with E-state index in [0.717, 1.165) is 17.7 Å². The Morgan fingerprint density at radius 3 is 2.40 bits per heavy atom. The number of nitrogens with zero attached hydrogens (tertiary/aromatic N) is 3. The van der Waals surface area contributed by atoms with Crippen molar-refractivity contribution in [2.75, 3.05) is 14.2 Å². The molecule has 0 radical (unpaired) electrons. The summed E-state index contributed by atoms with van der Waals surface area (Å²) in [7, 11) is -0.863. The number of carbonyl (C=O) groups excluding carboxylic acids is 2. The molecular formula is C13H14N4O7S. The Morgan fingerprint density at radius 2 is 1.84 bits per heavy atom. The van der Waals surface area contributed by atoms with E-state index in [-0.39, 0.29) is 16.3 Å². The molecule has 1 heterocycles. The molecule has 0 atom stereocenters. The molecule has 0 saturated carbocycles. The molecule has 1 amide bonds. The second-order valence-electron chi connectivity index (χ2n) is 4.64. The van der Waals surface area contributed by atoms with Crippen LogP contribution in [0.15, 0.2) is 34.0 Å². The number of benzene rings is 1. The number of esters is 1. The third-order valence-electron chi connectivity index (χ3n) is 3.12. The average molecular weight is 370 g/mol. The van der Waals surface area contributed by atoms with E-state index < -0.39 is 32.6 Å². The van der Waals surface area contributed by atoms with E-state index in [1.54, 1.807) is 4.72 Å². The molecule has 12 heteroatoms. The molecule has 0 aliphatic rings. The summed E-state index contributed by atoms with van der Waals surface area (Å²) in [4.78, 5) is 35.2. The van der Waals surface area contributed by atoms with Crippen LogP contribution in [-0.2, 0) is 21.8 Å². The van der Waals surface area contributed by atoms with Gasteiger partial charge in [0.1, 0.15) is 4.90 Å². The van der Waals surface area contributed by atoms with E-state index in [0.29, 0.717) is 0 Å². The van der Waals surface area contributed by atoms with Crippen LogP contribution >= 0.6 is 0 Å². The van der Waals surface area contributed by atoms with Crippen molar-refractivity contribution in [2.45, 2.75) is 4.90 Å². The van der Waals surface area contributed by atoms with E-state index in [1.165, 1.54) is 32.4 Å². The van der Waals surface area contributed by atoms with E-state index in [1.807, 2.05) is 0 Å². The van der Waals surface area contributed by atoms with Gasteiger partial charge in [-0.25, -0.2) is 32.1 Å². The predicted octanol–water partition coefficient (Wildman–Crippen LogP) is -0.676. The fourth-order valence-electron chi connectivity index (χ4n) is 1.92. The van der Waals surface area contributed by atoms with Crippen LogP contribution in [0.25, 0.3) is 0 Å². The highest BCUT2D eigenvalue weighted by atomic mass is 32.2. The van der Waals surface area contributed by atoms with Gasteiger partial charge in [-0.05, 0) is 12.1 Å². The fourth-order valence-corrected chi connectivity index (χ4v) is 3.05. The maximum Gasteiger partial charge on any atom is 0.360 e. The summed E-state index contributed by atoms with van der Waals surface area (Å²) in [5.41, 5.74) is -1.18. The van der Waals surface area contributed by atoms with E-state index >= 15 is 0 Å². The summed E-state index contributed by atoms with van der Waals surface area (Å²) in [6, 6.07) is 3.61. The number of sulfonamides is 1. The maximum absolute atomic E-state index is 12.4. The van der Waals surface area contributed by atoms with Crippen molar-refractivity contribution in [2.24, 2.45) is 7.05 Å². The van der Waals surface area contributed by atoms with Crippen LogP contribution < -0.4 is 15.1 Å². The summed E-state index contributed by atoms with van der Waals surface area (Å²) in [6.07, 6.45) is 0. The average Bonchev–Trinajstić information content (AvgIpc) is 2.88. The lowest BCUT2D eigenvalue weighted by atomic mass is 10.2. The first kappa shape index (κ1) is 18.2. The van der Waals surface area contributed by atoms with Crippen LogP contribution in [0.3, 0.4) is 0 Å². The minimum absolute atomic E-state index is 0.187. The Bertz CT molecular complexity index is 990. The van der Waals surface area contributed by atoms with Crippen LogP contribution in [0.4, 0.5) is 4.79 Å². The number of hydrogen-bond donors (Lipinski definition) is 1. The molecule has 2 rings (SSSR count). The topological polar surface area (TPSA) is 139 Å². The highest BCUT2D eigenvalue weighted by Crippen LogP contribution is 2.16. The SMILES string of the molecule is COC(=O)c1ccccc1S(=O)(=O)NC(=O)n1nc(OC)n(C)c1=O. The first-order valence-electron chi connectivity index (χ1n) is 6.67. The molecule has 1 aromatic carbocycles. The minimum atomic E-state index is -4.47. The van der Waals surface area contributed by atoms with Gasteiger partial charge in [-0.1, -0.05) is 12.1 Å². The Balaban J connectivity index is 2.42. The largest absolute Gasteiger partial charge is 0.467 e. The van der Waals surface area contributed by atoms with Crippen molar-refractivity contribution >= 4 is 22.0 Å². The number of carbonyl (C=O) groups is 2. The van der Waals surface area contributed by atoms with Gasteiger partial charge >= 0.3 is 23.7 Å². The van der Waals surface area contributed by atoms with Gasteiger partial charge in [0.05, 0.1) is 19.8 Å². The van der Waals surface area contributed by atoms with Crippen molar-refractivity contribution in [3.8, 4) is 6.01 Å². The minimum Gasteiger partial charge on any atom is -0.467 e. The van der Waals surface area contributed by atoms with Gasteiger partial charge in [0, 0.05) is 7.05 Å². The quantitative estimate of drug-likeness (QED) is 0.699. The van der Waals surface area contributed by atoms with Crippen molar-refractivity contribution in [3.05, 3.63) is 40.3 Å². The number of ether oxygens (including phenoxy) is 2. The zero-order valence-corrected chi connectivity index (χ0v) is 14.2. The molecule has 25 heavy (non-hydrogen) atoms. The number of aromatic nitrogens is 3. The van der Waals surface area contributed by atoms with Gasteiger partial charge in [-0.15, -0.1) is 9.78 Å². The predicted molar refractivity (Wildman–Crippen MR) is 82.9 cm³/mol. The van der Waals surface area contributed by atoms with Crippen molar-refractivity contribution in [3.63, 3.8) is 0 Å². The molecule has 1 N–H and O–H groups in total. The smallest absolute Gasteiger partial charge is 0.360 e. The molecular weight excluding hydrogens is 356 g/mol. The Kier molecular flexibility index (Phi) is 4.92. The second kappa shape index (κ2) is 6.76. The Hall–Kier alpha value is -3.15. The van der Waals surface area contributed by atoms with Gasteiger partial charge in [-0.3, -0.25) is 0 Å². The van der Waals surface area contributed by atoms with Crippen LogP contribution in [0, 0.1) is 0 Å². The summed E-state index contributed by atoms with van der Waals surface area (Å²) >= 11 is 0. The van der Waals surface area contributed by atoms with Gasteiger partial charge in [-0.2, -0.15) is 0 Å². The summed E-state index contributed by atoms with van der Waals surface area (Å²) in [6.45, 7) is 0. The van der Waals surface area contributed by atoms with Gasteiger partial charge < -0.3 is 9.47 Å². The van der Waals surface area contributed by atoms with Crippen molar-refractivity contribution in [1.29, 1.82) is 0 Å². The summed E-state index contributed by atoms with van der Waals surface area (Å²) in [5.74, 6) is -0.898. The van der Waals surface area contributed by atoms with Crippen LogP contribution in [0.1, 0.15) is 10.4 Å². The number of rotatable bonds is 4. The molecule has 0 unspecified atom stereocenters. The standard InChI is InChI=1S/C13H14N4O7S/c1-16-12(24-3)14-17(13(16)20)11(19)15-25(21,22)9-7-5-4-6-8(9)10(18)23-2/h4-7H,1-3H3,(H,15,19). The van der Waals surface area contributed by atoms with Crippen LogP contribution in [-0.4, -0.2) is 49.0 Å². The fraction of sp³-hybridized carbons (Fsp3) is 0.231. The summed E-state index contributed by atoms with van der Waals surface area (Å²) in [5, 5.41) is 3.56. The van der Waals surface area contributed by atoms with Gasteiger partial charge in [0.15, 0.2) is 0 Å². The monoisotopic (exact) mass is 370 g/mol. The molecule has 2 aromatic rings. The third-order valence-corrected chi connectivity index (χ3v) is 4.50. The van der Waals surface area contributed by atoms with E-state index in [2.05, 4.69) is 9.84 Å². The number of methoxy groups -OCH3 is 2. The maximum atomic E-state index is 12.4. The Morgan fingerprint density at radius 1 is 1.20 bits per heavy atom. The highest BCUT2D eigenvalue weighted by Gasteiger charge is 2.27. The summed E-state index contributed by atoms with van der Waals surface area (Å²) < 4.78 is 37.0. The van der Waals surface area contributed by atoms with Gasteiger partial charge in [0.25, 0.3) is 10.0 Å². The number of amides is 1. The second-order valence-corrected chi connectivity index (χ2v) is 6.29. The van der Waals surface area contributed by atoms with Crippen molar-refractivity contribution < 1.29 is 27.5 Å². The molecule has 0 saturated heterocycles. The van der Waals surface area contributed by atoms with Crippen molar-refractivity contribution in [1.82, 2.24) is 19.1 Å². The highest BCUT2D eigenvalue weighted by molar-refractivity contribution is 7.90. The molecule has 11 nitrogen and oxygen atoms in total.